The number of fused-ring (bicyclic) bond motifs is 1. The maximum absolute atomic E-state index is 12.4. The first-order valence-corrected chi connectivity index (χ1v) is 9.72. The summed E-state index contributed by atoms with van der Waals surface area (Å²) >= 11 is 1.55. The molecule has 0 fully saturated rings. The van der Waals surface area contributed by atoms with Crippen LogP contribution in [-0.2, 0) is 19.4 Å². The zero-order valence-corrected chi connectivity index (χ0v) is 15.9. The second kappa shape index (κ2) is 7.44. The normalized spacial score (nSPS) is 13.9. The molecule has 0 radical (unpaired) electrons. The number of aromatic nitrogens is 1. The molecule has 0 saturated heterocycles. The van der Waals surface area contributed by atoms with E-state index in [4.69, 9.17) is 0 Å². The maximum Gasteiger partial charge on any atom is 0.279 e. The van der Waals surface area contributed by atoms with Crippen LogP contribution in [0.25, 0.3) is 0 Å². The number of nitrogens with zero attached hydrogens (tertiary/aromatic N) is 1. The molecule has 5 nitrogen and oxygen atoms in total. The highest BCUT2D eigenvalue weighted by Gasteiger charge is 2.18. The van der Waals surface area contributed by atoms with Gasteiger partial charge in [0.05, 0.1) is 10.4 Å². The van der Waals surface area contributed by atoms with E-state index in [9.17, 15) is 9.59 Å². The minimum atomic E-state index is -0.278. The lowest BCUT2D eigenvalue weighted by molar-refractivity contribution is 0.0848. The van der Waals surface area contributed by atoms with Gasteiger partial charge in [0.2, 0.25) is 0 Å². The Morgan fingerprint density at radius 2 is 1.80 bits per heavy atom. The Morgan fingerprint density at radius 3 is 2.52 bits per heavy atom. The minimum Gasteiger partial charge on any atom is -0.349 e. The van der Waals surface area contributed by atoms with Crippen LogP contribution in [0.4, 0.5) is 0 Å². The Hall–Kier alpha value is -2.08. The summed E-state index contributed by atoms with van der Waals surface area (Å²) in [6.45, 7) is 6.76. The Morgan fingerprint density at radius 1 is 1.08 bits per heavy atom. The Bertz CT molecular complexity index is 780. The number of amides is 2. The summed E-state index contributed by atoms with van der Waals surface area (Å²) in [6.07, 6.45) is 5.75. The second-order valence-electron chi connectivity index (χ2n) is 6.56. The highest BCUT2D eigenvalue weighted by atomic mass is 32.1. The van der Waals surface area contributed by atoms with E-state index in [-0.39, 0.29) is 11.8 Å². The minimum absolute atomic E-state index is 0.240. The molecule has 2 aromatic rings. The number of hydrogen-bond acceptors (Lipinski definition) is 3. The molecule has 1 aliphatic rings. The molecule has 3 rings (SSSR count). The summed E-state index contributed by atoms with van der Waals surface area (Å²) in [5.41, 5.74) is 8.96. The molecule has 0 atom stereocenters. The van der Waals surface area contributed by atoms with E-state index in [1.54, 1.807) is 11.3 Å². The quantitative estimate of drug-likeness (QED) is 0.650. The molecule has 2 heterocycles. The van der Waals surface area contributed by atoms with Crippen molar-refractivity contribution < 1.29 is 9.59 Å². The summed E-state index contributed by atoms with van der Waals surface area (Å²) in [4.78, 5) is 26.8. The fourth-order valence-corrected chi connectivity index (χ4v) is 4.69. The fourth-order valence-electron chi connectivity index (χ4n) is 3.54. The van der Waals surface area contributed by atoms with E-state index in [1.165, 1.54) is 29.7 Å². The lowest BCUT2D eigenvalue weighted by Gasteiger charge is -2.08. The molecule has 0 aliphatic heterocycles. The molecule has 0 bridgehead atoms. The van der Waals surface area contributed by atoms with Crippen molar-refractivity contribution in [1.29, 1.82) is 0 Å². The van der Waals surface area contributed by atoms with Gasteiger partial charge in [-0.1, -0.05) is 6.42 Å². The molecule has 2 amide bonds. The molecule has 0 aromatic carbocycles. The van der Waals surface area contributed by atoms with Crippen molar-refractivity contribution in [2.45, 2.75) is 59.4 Å². The van der Waals surface area contributed by atoms with Gasteiger partial charge < -0.3 is 4.57 Å². The topological polar surface area (TPSA) is 63.1 Å². The Balaban J connectivity index is 1.65. The van der Waals surface area contributed by atoms with E-state index in [1.807, 2.05) is 32.9 Å². The van der Waals surface area contributed by atoms with Gasteiger partial charge in [0.25, 0.3) is 11.8 Å². The molecule has 1 aliphatic carbocycles. The van der Waals surface area contributed by atoms with Crippen LogP contribution in [0.5, 0.6) is 0 Å². The molecule has 0 unspecified atom stereocenters. The third-order valence-corrected chi connectivity index (χ3v) is 6.13. The van der Waals surface area contributed by atoms with Gasteiger partial charge in [0.15, 0.2) is 0 Å². The highest BCUT2D eigenvalue weighted by molar-refractivity contribution is 7.14. The predicted molar refractivity (Wildman–Crippen MR) is 100 cm³/mol. The van der Waals surface area contributed by atoms with E-state index >= 15 is 0 Å². The van der Waals surface area contributed by atoms with Crippen molar-refractivity contribution >= 4 is 23.2 Å². The van der Waals surface area contributed by atoms with Gasteiger partial charge >= 0.3 is 0 Å². The first-order chi connectivity index (χ1) is 12.0. The molecule has 0 saturated carbocycles. The van der Waals surface area contributed by atoms with Gasteiger partial charge in [-0.25, -0.2) is 0 Å². The number of thiophene rings is 1. The van der Waals surface area contributed by atoms with Gasteiger partial charge in [-0.15, -0.1) is 11.3 Å². The highest BCUT2D eigenvalue weighted by Crippen LogP contribution is 2.28. The standard InChI is InChI=1S/C19H25N3O2S/c1-4-22-12(2)10-15(13(22)3)18(23)20-21-19(24)17-11-14-8-6-5-7-9-16(14)25-17/h10-11H,4-9H2,1-3H3,(H,20,23)(H,21,24). The number of hydrogen-bond donors (Lipinski definition) is 2. The van der Waals surface area contributed by atoms with Gasteiger partial charge in [-0.05, 0) is 64.2 Å². The lowest BCUT2D eigenvalue weighted by Crippen LogP contribution is -2.41. The smallest absolute Gasteiger partial charge is 0.279 e. The summed E-state index contributed by atoms with van der Waals surface area (Å²) < 4.78 is 2.08. The summed E-state index contributed by atoms with van der Waals surface area (Å²) in [7, 11) is 0. The molecule has 2 N–H and O–H groups in total. The summed E-state index contributed by atoms with van der Waals surface area (Å²) in [5, 5.41) is 0. The SMILES string of the molecule is CCn1c(C)cc(C(=O)NNC(=O)c2cc3c(s2)CCCCC3)c1C. The maximum atomic E-state index is 12.4. The lowest BCUT2D eigenvalue weighted by atomic mass is 10.1. The third-order valence-electron chi connectivity index (χ3n) is 4.89. The van der Waals surface area contributed by atoms with Crippen molar-refractivity contribution in [3.05, 3.63) is 44.4 Å². The number of nitrogens with one attached hydrogen (secondary N) is 2. The number of hydrazine groups is 1. The van der Waals surface area contributed by atoms with Crippen molar-refractivity contribution in [3.63, 3.8) is 0 Å². The van der Waals surface area contributed by atoms with Crippen molar-refractivity contribution in [2.24, 2.45) is 0 Å². The van der Waals surface area contributed by atoms with Crippen LogP contribution in [0.1, 0.15) is 68.0 Å². The number of carbonyl (C=O) groups is 2. The van der Waals surface area contributed by atoms with E-state index in [0.29, 0.717) is 10.4 Å². The van der Waals surface area contributed by atoms with E-state index in [2.05, 4.69) is 15.4 Å². The zero-order valence-electron chi connectivity index (χ0n) is 15.1. The van der Waals surface area contributed by atoms with Crippen LogP contribution in [0.2, 0.25) is 0 Å². The first-order valence-electron chi connectivity index (χ1n) is 8.90. The monoisotopic (exact) mass is 359 g/mol. The first kappa shape index (κ1) is 17.7. The number of carbonyl (C=O) groups excluding carboxylic acids is 2. The van der Waals surface area contributed by atoms with Crippen LogP contribution >= 0.6 is 11.3 Å². The fraction of sp³-hybridized carbons (Fsp3) is 0.474. The number of aryl methyl sites for hydroxylation is 3. The van der Waals surface area contributed by atoms with Crippen LogP contribution in [0, 0.1) is 13.8 Å². The zero-order chi connectivity index (χ0) is 18.0. The van der Waals surface area contributed by atoms with E-state index in [0.717, 1.165) is 30.8 Å². The molecule has 25 heavy (non-hydrogen) atoms. The molecular formula is C19H25N3O2S. The molecule has 6 heteroatoms. The van der Waals surface area contributed by atoms with Crippen LogP contribution in [0.3, 0.4) is 0 Å². The largest absolute Gasteiger partial charge is 0.349 e. The van der Waals surface area contributed by atoms with Crippen LogP contribution in [0.15, 0.2) is 12.1 Å². The van der Waals surface area contributed by atoms with Crippen molar-refractivity contribution in [2.75, 3.05) is 0 Å². The summed E-state index contributed by atoms with van der Waals surface area (Å²) in [5.74, 6) is -0.519. The van der Waals surface area contributed by atoms with Crippen molar-refractivity contribution in [3.8, 4) is 0 Å². The summed E-state index contributed by atoms with van der Waals surface area (Å²) in [6, 6.07) is 3.84. The van der Waals surface area contributed by atoms with Crippen molar-refractivity contribution in [1.82, 2.24) is 15.4 Å². The predicted octanol–water partition coefficient (Wildman–Crippen LogP) is 3.53. The average molecular weight is 359 g/mol. The number of rotatable bonds is 3. The molecule has 2 aromatic heterocycles. The Labute approximate surface area is 152 Å². The average Bonchev–Trinajstić information content (AvgIpc) is 3.05. The van der Waals surface area contributed by atoms with E-state index < -0.39 is 0 Å². The molecule has 134 valence electrons. The van der Waals surface area contributed by atoms with Gasteiger partial charge in [0.1, 0.15) is 0 Å². The van der Waals surface area contributed by atoms with Gasteiger partial charge in [0, 0.05) is 22.8 Å². The van der Waals surface area contributed by atoms with Gasteiger partial charge in [-0.3, -0.25) is 20.4 Å². The molecular weight excluding hydrogens is 334 g/mol. The molecule has 0 spiro atoms. The Kier molecular flexibility index (Phi) is 5.27. The van der Waals surface area contributed by atoms with Gasteiger partial charge in [-0.2, -0.15) is 0 Å². The second-order valence-corrected chi connectivity index (χ2v) is 7.69. The van der Waals surface area contributed by atoms with Crippen LogP contribution in [-0.4, -0.2) is 16.4 Å². The van der Waals surface area contributed by atoms with Crippen LogP contribution < -0.4 is 10.9 Å². The third kappa shape index (κ3) is 3.63.